The van der Waals surface area contributed by atoms with Crippen molar-refractivity contribution < 1.29 is 26.7 Å². The van der Waals surface area contributed by atoms with Gasteiger partial charge in [-0.1, -0.05) is 18.2 Å². The number of hydrogen-bond acceptors (Lipinski definition) is 4. The highest BCUT2D eigenvalue weighted by Crippen LogP contribution is 2.22. The van der Waals surface area contributed by atoms with Gasteiger partial charge in [0.25, 0.3) is 5.91 Å². The number of hydrogen-bond donors (Lipinski definition) is 0. The van der Waals surface area contributed by atoms with Crippen molar-refractivity contribution in [2.24, 2.45) is 0 Å². The van der Waals surface area contributed by atoms with Gasteiger partial charge in [-0.15, -0.1) is 0 Å². The zero-order valence-electron chi connectivity index (χ0n) is 15.9. The highest BCUT2D eigenvalue weighted by Gasteiger charge is 2.27. The lowest BCUT2D eigenvalue weighted by Crippen LogP contribution is -2.29. The summed E-state index contributed by atoms with van der Waals surface area (Å²) in [4.78, 5) is 14.3. The molecule has 1 amide bonds. The molecular formula is C20H22F2N2O4S. The Morgan fingerprint density at radius 3 is 2.41 bits per heavy atom. The predicted molar refractivity (Wildman–Crippen MR) is 103 cm³/mol. The lowest BCUT2D eigenvalue weighted by Gasteiger charge is -2.19. The number of carbonyl (C=O) groups is 1. The van der Waals surface area contributed by atoms with E-state index in [1.165, 1.54) is 33.5 Å². The van der Waals surface area contributed by atoms with Crippen molar-refractivity contribution in [3.8, 4) is 5.75 Å². The molecule has 1 aliphatic heterocycles. The third-order valence-corrected chi connectivity index (χ3v) is 6.59. The van der Waals surface area contributed by atoms with Crippen molar-refractivity contribution in [2.75, 3.05) is 20.1 Å². The van der Waals surface area contributed by atoms with Gasteiger partial charge in [-0.2, -0.15) is 13.1 Å². The molecule has 9 heteroatoms. The molecule has 6 nitrogen and oxygen atoms in total. The van der Waals surface area contributed by atoms with Crippen LogP contribution >= 0.6 is 0 Å². The first-order chi connectivity index (χ1) is 13.8. The maximum atomic E-state index is 12.8. The van der Waals surface area contributed by atoms with Gasteiger partial charge >= 0.3 is 6.61 Å². The lowest BCUT2D eigenvalue weighted by molar-refractivity contribution is -0.0498. The van der Waals surface area contributed by atoms with Crippen LogP contribution in [-0.2, 0) is 16.6 Å². The van der Waals surface area contributed by atoms with Crippen molar-refractivity contribution in [1.82, 2.24) is 9.21 Å². The van der Waals surface area contributed by atoms with Crippen molar-refractivity contribution in [1.29, 1.82) is 0 Å². The molecular weight excluding hydrogens is 402 g/mol. The average Bonchev–Trinajstić information content (AvgIpc) is 3.24. The minimum absolute atomic E-state index is 0.0394. The number of alkyl halides is 2. The molecule has 0 unspecified atom stereocenters. The van der Waals surface area contributed by atoms with E-state index >= 15 is 0 Å². The fraction of sp³-hybridized carbons (Fsp3) is 0.350. The van der Waals surface area contributed by atoms with Crippen molar-refractivity contribution in [3.63, 3.8) is 0 Å². The second kappa shape index (κ2) is 8.87. The summed E-state index contributed by atoms with van der Waals surface area (Å²) in [6.45, 7) is -1.68. The Hall–Kier alpha value is -2.52. The fourth-order valence-corrected chi connectivity index (χ4v) is 4.77. The van der Waals surface area contributed by atoms with Crippen LogP contribution in [0.4, 0.5) is 8.78 Å². The molecule has 0 saturated carbocycles. The van der Waals surface area contributed by atoms with Gasteiger partial charge in [0.2, 0.25) is 10.0 Å². The molecule has 0 bridgehead atoms. The number of nitrogens with zero attached hydrogens (tertiary/aromatic N) is 2. The summed E-state index contributed by atoms with van der Waals surface area (Å²) in [7, 11) is -2.02. The number of sulfonamides is 1. The van der Waals surface area contributed by atoms with Crippen LogP contribution in [0.25, 0.3) is 0 Å². The molecule has 0 N–H and O–H groups in total. The van der Waals surface area contributed by atoms with Gasteiger partial charge in [0.1, 0.15) is 5.75 Å². The first-order valence-corrected chi connectivity index (χ1v) is 10.6. The topological polar surface area (TPSA) is 66.9 Å². The van der Waals surface area contributed by atoms with Crippen LogP contribution in [-0.4, -0.2) is 50.3 Å². The molecule has 156 valence electrons. The van der Waals surface area contributed by atoms with Gasteiger partial charge in [-0.25, -0.2) is 8.42 Å². The second-order valence-electron chi connectivity index (χ2n) is 6.82. The van der Waals surface area contributed by atoms with Crippen LogP contribution in [0.5, 0.6) is 5.75 Å². The average molecular weight is 424 g/mol. The maximum absolute atomic E-state index is 12.8. The Kier molecular flexibility index (Phi) is 6.49. The summed E-state index contributed by atoms with van der Waals surface area (Å²) in [5.41, 5.74) is 0.994. The molecule has 0 aromatic heterocycles. The largest absolute Gasteiger partial charge is 0.435 e. The molecule has 0 radical (unpaired) electrons. The molecule has 1 aliphatic rings. The van der Waals surface area contributed by atoms with E-state index in [9.17, 15) is 22.0 Å². The Labute approximate surface area is 168 Å². The maximum Gasteiger partial charge on any atom is 0.387 e. The van der Waals surface area contributed by atoms with Gasteiger partial charge in [0.15, 0.2) is 0 Å². The Morgan fingerprint density at radius 1 is 1.14 bits per heavy atom. The first kappa shape index (κ1) is 21.2. The summed E-state index contributed by atoms with van der Waals surface area (Å²) in [5.74, 6) is -0.297. The molecule has 0 atom stereocenters. The summed E-state index contributed by atoms with van der Waals surface area (Å²) >= 11 is 0. The van der Waals surface area contributed by atoms with Crippen LogP contribution in [0.2, 0.25) is 0 Å². The summed E-state index contributed by atoms with van der Waals surface area (Å²) < 4.78 is 55.6. The molecule has 0 aliphatic carbocycles. The molecule has 2 aromatic rings. The minimum Gasteiger partial charge on any atom is -0.435 e. The fourth-order valence-electron chi connectivity index (χ4n) is 3.21. The zero-order chi connectivity index (χ0) is 21.0. The molecule has 29 heavy (non-hydrogen) atoms. The first-order valence-electron chi connectivity index (χ1n) is 9.17. The van der Waals surface area contributed by atoms with Crippen LogP contribution in [0.1, 0.15) is 28.8 Å². The molecule has 2 aromatic carbocycles. The SMILES string of the molecule is CN(Cc1ccc(OC(F)F)cc1)C(=O)c1cccc(S(=O)(=O)N2CCCC2)c1. The summed E-state index contributed by atoms with van der Waals surface area (Å²) in [6, 6.07) is 12.0. The summed E-state index contributed by atoms with van der Waals surface area (Å²) in [5, 5.41) is 0. The third-order valence-electron chi connectivity index (χ3n) is 4.70. The van der Waals surface area contributed by atoms with Crippen LogP contribution in [0.15, 0.2) is 53.4 Å². The predicted octanol–water partition coefficient (Wildman–Crippen LogP) is 3.34. The van der Waals surface area contributed by atoms with Gasteiger partial charge in [-0.3, -0.25) is 4.79 Å². The van der Waals surface area contributed by atoms with E-state index in [-0.39, 0.29) is 28.7 Å². The van der Waals surface area contributed by atoms with Crippen LogP contribution < -0.4 is 4.74 Å². The van der Waals surface area contributed by atoms with E-state index in [1.54, 1.807) is 31.3 Å². The zero-order valence-corrected chi connectivity index (χ0v) is 16.7. The molecule has 1 saturated heterocycles. The van der Waals surface area contributed by atoms with Crippen LogP contribution in [0.3, 0.4) is 0 Å². The summed E-state index contributed by atoms with van der Waals surface area (Å²) in [6.07, 6.45) is 1.67. The van der Waals surface area contributed by atoms with E-state index in [2.05, 4.69) is 4.74 Å². The standard InChI is InChI=1S/C20H22F2N2O4S/c1-23(14-15-7-9-17(10-8-15)28-20(21)22)19(25)16-5-4-6-18(13-16)29(26,27)24-11-2-3-12-24/h4-10,13,20H,2-3,11-12,14H2,1H3. The van der Waals surface area contributed by atoms with E-state index in [4.69, 9.17) is 0 Å². The normalized spacial score (nSPS) is 14.9. The van der Waals surface area contributed by atoms with Crippen molar-refractivity contribution in [3.05, 3.63) is 59.7 Å². The molecule has 1 fully saturated rings. The number of amides is 1. The quantitative estimate of drug-likeness (QED) is 0.684. The van der Waals surface area contributed by atoms with Crippen molar-refractivity contribution in [2.45, 2.75) is 30.9 Å². The highest BCUT2D eigenvalue weighted by molar-refractivity contribution is 7.89. The number of carbonyl (C=O) groups excluding carboxylic acids is 1. The second-order valence-corrected chi connectivity index (χ2v) is 8.76. The number of benzene rings is 2. The monoisotopic (exact) mass is 424 g/mol. The van der Waals surface area contributed by atoms with Gasteiger partial charge in [-0.05, 0) is 48.7 Å². The number of halogens is 2. The third kappa shape index (κ3) is 5.10. The number of rotatable bonds is 7. The van der Waals surface area contributed by atoms with E-state index in [0.29, 0.717) is 13.1 Å². The van der Waals surface area contributed by atoms with Crippen LogP contribution in [0, 0.1) is 0 Å². The van der Waals surface area contributed by atoms with Gasteiger partial charge in [0, 0.05) is 32.2 Å². The van der Waals surface area contributed by atoms with E-state index < -0.39 is 16.6 Å². The van der Waals surface area contributed by atoms with Gasteiger partial charge in [0.05, 0.1) is 4.90 Å². The minimum atomic E-state index is -3.61. The molecule has 1 heterocycles. The Morgan fingerprint density at radius 2 is 1.79 bits per heavy atom. The Balaban J connectivity index is 1.71. The van der Waals surface area contributed by atoms with E-state index in [1.807, 2.05) is 0 Å². The number of ether oxygens (including phenoxy) is 1. The van der Waals surface area contributed by atoms with Gasteiger partial charge < -0.3 is 9.64 Å². The smallest absolute Gasteiger partial charge is 0.387 e. The highest BCUT2D eigenvalue weighted by atomic mass is 32.2. The molecule has 3 rings (SSSR count). The lowest BCUT2D eigenvalue weighted by atomic mass is 10.1. The van der Waals surface area contributed by atoms with E-state index in [0.717, 1.165) is 18.4 Å². The van der Waals surface area contributed by atoms with Crippen molar-refractivity contribution >= 4 is 15.9 Å². The Bertz CT molecular complexity index is 959. The molecule has 0 spiro atoms.